The first-order valence-electron chi connectivity index (χ1n) is 3.74. The molecule has 57 valence electrons. The highest BCUT2D eigenvalue weighted by molar-refractivity contribution is 9.47. The van der Waals surface area contributed by atoms with Crippen LogP contribution >= 0.6 is 25.8 Å². The van der Waals surface area contributed by atoms with Gasteiger partial charge in [-0.25, -0.2) is 0 Å². The summed E-state index contributed by atoms with van der Waals surface area (Å²) >= 11 is 6.44. The zero-order valence-corrected chi connectivity index (χ0v) is 11.1. The number of halogens is 2. The van der Waals surface area contributed by atoms with E-state index in [0.717, 1.165) is 0 Å². The summed E-state index contributed by atoms with van der Waals surface area (Å²) in [6, 6.07) is 0. The topological polar surface area (TPSA) is 0 Å². The number of hydrogen-bond donors (Lipinski definition) is 0. The largest absolute Gasteiger partial charge is 0.560 e. The maximum atomic E-state index is 3.20. The van der Waals surface area contributed by atoms with Gasteiger partial charge in [0.1, 0.15) is 0 Å². The standard InChI is InChI=1S/C7H13.2BrH.Mg/c1-7-5-3-2-4-6-7;;;/h2-6H2,1H3;2*1H;/q;;;+2/p-2. The average Bonchev–Trinajstić information content (AvgIpc) is 1.91. The van der Waals surface area contributed by atoms with Gasteiger partial charge < -0.3 is 0 Å². The highest BCUT2D eigenvalue weighted by Crippen LogP contribution is 2.23. The lowest BCUT2D eigenvalue weighted by molar-refractivity contribution is 0.539. The second kappa shape index (κ2) is 8.82. The number of hydrogen-bond acceptors (Lipinski definition) is 0. The Bertz CT molecular complexity index is 62.6. The van der Waals surface area contributed by atoms with E-state index in [9.17, 15) is 0 Å². The Balaban J connectivity index is 0.000000236. The summed E-state index contributed by atoms with van der Waals surface area (Å²) in [7, 11) is 0. The molecule has 1 aliphatic carbocycles. The molecule has 1 saturated carbocycles. The van der Waals surface area contributed by atoms with Gasteiger partial charge in [-0.15, -0.1) is 0 Å². The summed E-state index contributed by atoms with van der Waals surface area (Å²) in [6.07, 6.45) is 7.18. The van der Waals surface area contributed by atoms with Crippen molar-refractivity contribution < 1.29 is 0 Å². The fraction of sp³-hybridized carbons (Fsp3) is 0.857. The third-order valence-electron chi connectivity index (χ3n) is 1.71. The van der Waals surface area contributed by atoms with E-state index in [1.54, 1.807) is 5.92 Å². The molecule has 0 bridgehead atoms. The molecule has 1 rings (SSSR count). The minimum absolute atomic E-state index is 0.0417. The monoisotopic (exact) mass is 279 g/mol. The molecule has 0 atom stereocenters. The van der Waals surface area contributed by atoms with Gasteiger partial charge in [0.25, 0.3) is 0 Å². The lowest BCUT2D eigenvalue weighted by Crippen LogP contribution is -1.97. The van der Waals surface area contributed by atoms with Crippen LogP contribution in [-0.4, -0.2) is 16.0 Å². The van der Waals surface area contributed by atoms with Crippen LogP contribution in [0, 0.1) is 5.92 Å². The fourth-order valence-electron chi connectivity index (χ4n) is 1.16. The van der Waals surface area contributed by atoms with Gasteiger partial charge in [-0.2, -0.15) is 0 Å². The smallest absolute Gasteiger partial charge is 0.280 e. The molecule has 0 N–H and O–H groups in total. The van der Waals surface area contributed by atoms with E-state index in [1.807, 2.05) is 0 Å². The van der Waals surface area contributed by atoms with Crippen LogP contribution in [0.2, 0.25) is 0 Å². The van der Waals surface area contributed by atoms with Gasteiger partial charge in [-0.05, 0) is 18.8 Å². The molecule has 0 aromatic rings. The average molecular weight is 281 g/mol. The summed E-state index contributed by atoms with van der Waals surface area (Å²) in [5.74, 6) is 1.71. The van der Waals surface area contributed by atoms with E-state index in [-0.39, 0.29) is 16.0 Å². The van der Waals surface area contributed by atoms with Crippen molar-refractivity contribution in [2.75, 3.05) is 0 Å². The molecule has 0 aliphatic heterocycles. The van der Waals surface area contributed by atoms with E-state index >= 15 is 0 Å². The van der Waals surface area contributed by atoms with Crippen LogP contribution in [0.1, 0.15) is 39.0 Å². The quantitative estimate of drug-likeness (QED) is 0.592. The Morgan fingerprint density at radius 3 is 1.70 bits per heavy atom. The molecule has 1 aliphatic rings. The normalized spacial score (nSPS) is 18.7. The van der Waals surface area contributed by atoms with Crippen LogP contribution in [0.5, 0.6) is 0 Å². The zero-order valence-electron chi connectivity index (χ0n) is 6.50. The Kier molecular flexibility index (Phi) is 10.3. The van der Waals surface area contributed by atoms with Crippen molar-refractivity contribution in [2.45, 2.75) is 39.0 Å². The first-order chi connectivity index (χ1) is 4.81. The summed E-state index contributed by atoms with van der Waals surface area (Å²) < 4.78 is 0. The van der Waals surface area contributed by atoms with Crippen LogP contribution < -0.4 is 0 Å². The van der Waals surface area contributed by atoms with Gasteiger partial charge >= 0.3 is 16.0 Å². The molecule has 0 unspecified atom stereocenters. The van der Waals surface area contributed by atoms with E-state index < -0.39 is 0 Å². The minimum atomic E-state index is 0.0417. The first kappa shape index (κ1) is 11.7. The first-order valence-corrected chi connectivity index (χ1v) is 11.5. The summed E-state index contributed by atoms with van der Waals surface area (Å²) in [6.45, 7) is 2.28. The molecule has 0 heterocycles. The van der Waals surface area contributed by atoms with Crippen molar-refractivity contribution in [3.8, 4) is 0 Å². The lowest BCUT2D eigenvalue weighted by Gasteiger charge is -2.14. The molecule has 0 aromatic heterocycles. The van der Waals surface area contributed by atoms with Gasteiger partial charge in [0.05, 0.1) is 0 Å². The minimum Gasteiger partial charge on any atom is -0.280 e. The van der Waals surface area contributed by atoms with Crippen molar-refractivity contribution >= 4 is 41.8 Å². The van der Waals surface area contributed by atoms with Gasteiger partial charge in [-0.1, -0.05) is 26.2 Å². The highest BCUT2D eigenvalue weighted by atomic mass is 79.9. The molecular formula is C7H13Br2Mg. The second-order valence-corrected chi connectivity index (χ2v) is 10.7. The summed E-state index contributed by atoms with van der Waals surface area (Å²) in [5.41, 5.74) is 0. The molecule has 10 heavy (non-hydrogen) atoms. The van der Waals surface area contributed by atoms with Crippen molar-refractivity contribution in [3.63, 3.8) is 0 Å². The molecule has 0 saturated heterocycles. The van der Waals surface area contributed by atoms with Crippen LogP contribution in [0.4, 0.5) is 0 Å². The van der Waals surface area contributed by atoms with Gasteiger partial charge in [0.15, 0.2) is 0 Å². The Hall–Kier alpha value is 1.73. The lowest BCUT2D eigenvalue weighted by atomic mass is 9.91. The van der Waals surface area contributed by atoms with E-state index in [2.05, 4.69) is 32.7 Å². The Morgan fingerprint density at radius 1 is 1.10 bits per heavy atom. The third-order valence-corrected chi connectivity index (χ3v) is 1.71. The van der Waals surface area contributed by atoms with Gasteiger partial charge in [0.2, 0.25) is 0 Å². The Labute approximate surface area is 86.0 Å². The highest BCUT2D eigenvalue weighted by Gasteiger charge is 2.06. The zero-order chi connectivity index (χ0) is 7.82. The van der Waals surface area contributed by atoms with Crippen LogP contribution in [-0.2, 0) is 0 Å². The molecular weight excluding hydrogens is 268 g/mol. The molecule has 0 aromatic carbocycles. The summed E-state index contributed by atoms with van der Waals surface area (Å²) in [4.78, 5) is 0. The molecule has 1 radical (unpaired) electrons. The van der Waals surface area contributed by atoms with Crippen molar-refractivity contribution in [2.24, 2.45) is 0 Å². The van der Waals surface area contributed by atoms with Crippen molar-refractivity contribution in [3.05, 3.63) is 5.92 Å². The Morgan fingerprint density at radius 2 is 1.50 bits per heavy atom. The second-order valence-electron chi connectivity index (χ2n) is 2.62. The number of rotatable bonds is 0. The summed E-state index contributed by atoms with van der Waals surface area (Å²) in [5, 5.41) is 0. The van der Waals surface area contributed by atoms with Crippen LogP contribution in [0.3, 0.4) is 0 Å². The SMILES string of the molecule is C[C]1CCCCC1.[Br][Mg][Br]. The molecule has 1 fully saturated rings. The molecule has 0 nitrogen and oxygen atoms in total. The fourth-order valence-corrected chi connectivity index (χ4v) is 1.16. The maximum Gasteiger partial charge on any atom is 0.560 e. The van der Waals surface area contributed by atoms with Crippen LogP contribution in [0.25, 0.3) is 0 Å². The van der Waals surface area contributed by atoms with Gasteiger partial charge in [0, 0.05) is 0 Å². The van der Waals surface area contributed by atoms with Crippen molar-refractivity contribution in [1.29, 1.82) is 0 Å². The molecule has 0 spiro atoms. The van der Waals surface area contributed by atoms with E-state index in [4.69, 9.17) is 0 Å². The predicted octanol–water partition coefficient (Wildman–Crippen LogP) is 3.86. The third kappa shape index (κ3) is 7.83. The maximum absolute atomic E-state index is 3.20. The predicted molar refractivity (Wildman–Crippen MR) is 55.6 cm³/mol. The molecule has 0 amide bonds. The molecule has 3 heteroatoms. The van der Waals surface area contributed by atoms with Gasteiger partial charge in [-0.3, -0.25) is 25.8 Å². The van der Waals surface area contributed by atoms with Crippen molar-refractivity contribution in [1.82, 2.24) is 0 Å². The van der Waals surface area contributed by atoms with Crippen LogP contribution in [0.15, 0.2) is 0 Å². The van der Waals surface area contributed by atoms with E-state index in [0.29, 0.717) is 0 Å². The van der Waals surface area contributed by atoms with E-state index in [1.165, 1.54) is 32.1 Å².